The molecule has 1 fully saturated rings. The average Bonchev–Trinajstić information content (AvgIpc) is 3.13. The predicted octanol–water partition coefficient (Wildman–Crippen LogP) is 3.43. The molecule has 5 nitrogen and oxygen atoms in total. The van der Waals surface area contributed by atoms with Crippen LogP contribution in [-0.4, -0.2) is 28.2 Å². The number of aryl methyl sites for hydroxylation is 1. The van der Waals surface area contributed by atoms with Gasteiger partial charge >= 0.3 is 6.03 Å². The van der Waals surface area contributed by atoms with Gasteiger partial charge in [0.25, 0.3) is 0 Å². The van der Waals surface area contributed by atoms with Crippen LogP contribution in [0.25, 0.3) is 0 Å². The number of hydrogen-bond donors (Lipinski definition) is 1. The van der Waals surface area contributed by atoms with Gasteiger partial charge in [-0.25, -0.2) is 9.18 Å². The van der Waals surface area contributed by atoms with Gasteiger partial charge in [0.05, 0.1) is 12.2 Å². The molecule has 0 saturated carbocycles. The van der Waals surface area contributed by atoms with Crippen LogP contribution in [-0.2, 0) is 13.0 Å². The van der Waals surface area contributed by atoms with Crippen molar-refractivity contribution in [2.75, 3.05) is 6.54 Å². The second-order valence-corrected chi connectivity index (χ2v) is 6.65. The van der Waals surface area contributed by atoms with Gasteiger partial charge in [0, 0.05) is 18.2 Å². The van der Waals surface area contributed by atoms with E-state index in [1.165, 1.54) is 12.1 Å². The third-order valence-corrected chi connectivity index (χ3v) is 4.58. The first-order valence-electron chi connectivity index (χ1n) is 8.18. The number of benzene rings is 1. The topological polar surface area (TPSA) is 58.4 Å². The zero-order valence-electron chi connectivity index (χ0n) is 14.0. The molecule has 2 aromatic rings. The van der Waals surface area contributed by atoms with Crippen LogP contribution in [0.15, 0.2) is 34.9 Å². The molecule has 2 heterocycles. The fourth-order valence-electron chi connectivity index (χ4n) is 3.35. The maximum atomic E-state index is 13.1. The molecule has 0 unspecified atom stereocenters. The lowest BCUT2D eigenvalue weighted by molar-refractivity contribution is 0.154. The number of nitrogens with zero attached hydrogens (tertiary/aromatic N) is 2. The number of halogens is 1. The summed E-state index contributed by atoms with van der Waals surface area (Å²) in [5.41, 5.74) is 1.56. The number of amides is 2. The van der Waals surface area contributed by atoms with Crippen LogP contribution in [0, 0.1) is 12.7 Å². The summed E-state index contributed by atoms with van der Waals surface area (Å²) in [5.74, 6) is 0.396. The van der Waals surface area contributed by atoms with Gasteiger partial charge in [-0.15, -0.1) is 0 Å². The molecule has 24 heavy (non-hydrogen) atoms. The molecule has 1 aliphatic heterocycles. The lowest BCUT2D eigenvalue weighted by Gasteiger charge is -2.35. The van der Waals surface area contributed by atoms with E-state index in [1.807, 2.05) is 17.9 Å². The molecule has 0 spiro atoms. The SMILES string of the molecule is Cc1cc(CNC(=O)N2CCC[C@]2(C)Cc2ccc(F)cc2)on1. The van der Waals surface area contributed by atoms with Gasteiger partial charge in [-0.3, -0.25) is 0 Å². The minimum atomic E-state index is -0.265. The molecule has 1 atom stereocenters. The van der Waals surface area contributed by atoms with Crippen molar-refractivity contribution in [1.29, 1.82) is 0 Å². The number of aromatic nitrogens is 1. The van der Waals surface area contributed by atoms with Crippen LogP contribution >= 0.6 is 0 Å². The number of carbonyl (C=O) groups is 1. The van der Waals surface area contributed by atoms with E-state index < -0.39 is 0 Å². The Hall–Kier alpha value is -2.37. The Morgan fingerprint density at radius 3 is 2.83 bits per heavy atom. The highest BCUT2D eigenvalue weighted by Crippen LogP contribution is 2.32. The van der Waals surface area contributed by atoms with Gasteiger partial charge in [0.15, 0.2) is 5.76 Å². The maximum Gasteiger partial charge on any atom is 0.318 e. The van der Waals surface area contributed by atoms with Crippen LogP contribution in [0.1, 0.15) is 36.8 Å². The third-order valence-electron chi connectivity index (χ3n) is 4.58. The van der Waals surface area contributed by atoms with Crippen LogP contribution in [0.3, 0.4) is 0 Å². The summed E-state index contributed by atoms with van der Waals surface area (Å²) in [7, 11) is 0. The lowest BCUT2D eigenvalue weighted by atomic mass is 9.90. The van der Waals surface area contributed by atoms with Crippen LogP contribution in [0.4, 0.5) is 9.18 Å². The van der Waals surface area contributed by atoms with Crippen molar-refractivity contribution < 1.29 is 13.7 Å². The number of urea groups is 1. The van der Waals surface area contributed by atoms with E-state index in [1.54, 1.807) is 12.1 Å². The van der Waals surface area contributed by atoms with Gasteiger partial charge in [0.1, 0.15) is 5.82 Å². The molecular weight excluding hydrogens is 309 g/mol. The highest BCUT2D eigenvalue weighted by molar-refractivity contribution is 5.75. The maximum absolute atomic E-state index is 13.1. The van der Waals surface area contributed by atoms with Crippen molar-refractivity contribution in [3.05, 3.63) is 53.2 Å². The second kappa shape index (κ2) is 6.63. The summed E-state index contributed by atoms with van der Waals surface area (Å²) in [6, 6.07) is 8.20. The van der Waals surface area contributed by atoms with E-state index in [2.05, 4.69) is 17.4 Å². The molecule has 0 bridgehead atoms. The van der Waals surface area contributed by atoms with E-state index in [0.29, 0.717) is 18.7 Å². The number of nitrogens with one attached hydrogen (secondary N) is 1. The van der Waals surface area contributed by atoms with E-state index in [4.69, 9.17) is 4.52 Å². The first-order chi connectivity index (χ1) is 11.5. The van der Waals surface area contributed by atoms with Gasteiger partial charge in [0.2, 0.25) is 0 Å². The monoisotopic (exact) mass is 331 g/mol. The number of likely N-dealkylation sites (tertiary alicyclic amines) is 1. The molecule has 0 aliphatic carbocycles. The molecule has 1 saturated heterocycles. The predicted molar refractivity (Wildman–Crippen MR) is 87.9 cm³/mol. The quantitative estimate of drug-likeness (QED) is 0.934. The average molecular weight is 331 g/mol. The van der Waals surface area contributed by atoms with E-state index in [-0.39, 0.29) is 17.4 Å². The van der Waals surface area contributed by atoms with Crippen LogP contribution in [0.2, 0.25) is 0 Å². The first-order valence-corrected chi connectivity index (χ1v) is 8.18. The summed E-state index contributed by atoms with van der Waals surface area (Å²) in [4.78, 5) is 14.5. The number of rotatable bonds is 4. The number of hydrogen-bond acceptors (Lipinski definition) is 3. The Labute approximate surface area is 140 Å². The standard InChI is InChI=1S/C18H22FN3O2/c1-13-10-16(24-21-13)12-20-17(23)22-9-3-8-18(22,2)11-14-4-6-15(19)7-5-14/h4-7,10H,3,8-9,11-12H2,1-2H3,(H,20,23)/t18-/m1/s1. The molecule has 1 aromatic carbocycles. The lowest BCUT2D eigenvalue weighted by Crippen LogP contribution is -2.50. The molecule has 2 amide bonds. The molecule has 1 aromatic heterocycles. The Kier molecular flexibility index (Phi) is 4.55. The summed E-state index contributed by atoms with van der Waals surface area (Å²) in [5, 5.41) is 6.71. The first kappa shape index (κ1) is 16.5. The second-order valence-electron chi connectivity index (χ2n) is 6.65. The van der Waals surface area contributed by atoms with Crippen LogP contribution in [0.5, 0.6) is 0 Å². The van der Waals surface area contributed by atoms with Crippen molar-refractivity contribution in [1.82, 2.24) is 15.4 Å². The summed E-state index contributed by atoms with van der Waals surface area (Å²) < 4.78 is 18.2. The van der Waals surface area contributed by atoms with E-state index in [9.17, 15) is 9.18 Å². The normalized spacial score (nSPS) is 20.4. The largest absolute Gasteiger partial charge is 0.359 e. The zero-order chi connectivity index (χ0) is 17.2. The van der Waals surface area contributed by atoms with Crippen molar-refractivity contribution in [3.63, 3.8) is 0 Å². The summed E-state index contributed by atoms with van der Waals surface area (Å²) >= 11 is 0. The fraction of sp³-hybridized carbons (Fsp3) is 0.444. The van der Waals surface area contributed by atoms with Gasteiger partial charge in [-0.1, -0.05) is 17.3 Å². The molecule has 0 radical (unpaired) electrons. The fourth-order valence-corrected chi connectivity index (χ4v) is 3.35. The van der Waals surface area contributed by atoms with Gasteiger partial charge in [-0.05, 0) is 50.8 Å². The molecular formula is C18H22FN3O2. The van der Waals surface area contributed by atoms with Crippen molar-refractivity contribution in [2.45, 2.75) is 45.2 Å². The van der Waals surface area contributed by atoms with Crippen molar-refractivity contribution in [3.8, 4) is 0 Å². The van der Waals surface area contributed by atoms with E-state index >= 15 is 0 Å². The molecule has 6 heteroatoms. The van der Waals surface area contributed by atoms with E-state index in [0.717, 1.165) is 30.6 Å². The Morgan fingerprint density at radius 2 is 2.17 bits per heavy atom. The Bertz CT molecular complexity index is 713. The van der Waals surface area contributed by atoms with Crippen molar-refractivity contribution >= 4 is 6.03 Å². The third kappa shape index (κ3) is 3.58. The molecule has 1 aliphatic rings. The smallest absolute Gasteiger partial charge is 0.318 e. The molecule has 128 valence electrons. The molecule has 1 N–H and O–H groups in total. The minimum Gasteiger partial charge on any atom is -0.359 e. The van der Waals surface area contributed by atoms with Crippen molar-refractivity contribution in [2.24, 2.45) is 0 Å². The summed E-state index contributed by atoms with van der Waals surface area (Å²) in [6.07, 6.45) is 2.61. The Morgan fingerprint density at radius 1 is 1.42 bits per heavy atom. The number of carbonyl (C=O) groups excluding carboxylic acids is 1. The van der Waals surface area contributed by atoms with Gasteiger partial charge in [-0.2, -0.15) is 0 Å². The zero-order valence-corrected chi connectivity index (χ0v) is 14.0. The Balaban J connectivity index is 1.64. The minimum absolute atomic E-state index is 0.105. The summed E-state index contributed by atoms with van der Waals surface area (Å²) in [6.45, 7) is 4.97. The molecule has 3 rings (SSSR count). The highest BCUT2D eigenvalue weighted by atomic mass is 19.1. The van der Waals surface area contributed by atoms with Crippen LogP contribution < -0.4 is 5.32 Å². The highest BCUT2D eigenvalue weighted by Gasteiger charge is 2.39. The van der Waals surface area contributed by atoms with Gasteiger partial charge < -0.3 is 14.7 Å².